The molecule has 3 rings (SSSR count). The van der Waals surface area contributed by atoms with Gasteiger partial charge in [-0.1, -0.05) is 13.8 Å². The van der Waals surface area contributed by atoms with E-state index in [1.54, 1.807) is 6.20 Å². The lowest BCUT2D eigenvalue weighted by molar-refractivity contribution is 0.0972. The first kappa shape index (κ1) is 19.6. The average molecular weight is 370 g/mol. The van der Waals surface area contributed by atoms with Crippen LogP contribution in [0.3, 0.4) is 0 Å². The maximum Gasteiger partial charge on any atom is 0.164 e. The van der Waals surface area contributed by atoms with Crippen LogP contribution >= 0.6 is 0 Å². The molecule has 146 valence electrons. The molecule has 2 aromatic rings. The number of rotatable bonds is 10. The smallest absolute Gasteiger partial charge is 0.164 e. The minimum atomic E-state index is 0.244. The molecule has 1 aliphatic rings. The van der Waals surface area contributed by atoms with Crippen molar-refractivity contribution in [3.63, 3.8) is 0 Å². The Balaban J connectivity index is 1.66. The van der Waals surface area contributed by atoms with Crippen LogP contribution in [0, 0.1) is 0 Å². The van der Waals surface area contributed by atoms with E-state index in [1.165, 1.54) is 12.8 Å². The second-order valence-electron chi connectivity index (χ2n) is 7.21. The van der Waals surface area contributed by atoms with Gasteiger partial charge < -0.3 is 14.2 Å². The second-order valence-corrected chi connectivity index (χ2v) is 7.21. The molecular formula is C22H31N3O2. The Kier molecular flexibility index (Phi) is 7.04. The van der Waals surface area contributed by atoms with Gasteiger partial charge in [0.05, 0.1) is 12.8 Å². The highest BCUT2D eigenvalue weighted by Gasteiger charge is 2.22. The Morgan fingerprint density at radius 1 is 1.15 bits per heavy atom. The van der Waals surface area contributed by atoms with E-state index < -0.39 is 0 Å². The van der Waals surface area contributed by atoms with E-state index in [0.29, 0.717) is 13.0 Å². The van der Waals surface area contributed by atoms with Crippen LogP contribution in [-0.4, -0.2) is 46.5 Å². The number of pyridine rings is 1. The van der Waals surface area contributed by atoms with E-state index >= 15 is 0 Å². The van der Waals surface area contributed by atoms with Crippen LogP contribution in [0.2, 0.25) is 0 Å². The molecule has 2 heterocycles. The van der Waals surface area contributed by atoms with Gasteiger partial charge in [-0.05, 0) is 51.3 Å². The molecule has 1 aliphatic carbocycles. The summed E-state index contributed by atoms with van der Waals surface area (Å²) in [5.74, 6) is 1.08. The van der Waals surface area contributed by atoms with Crippen LogP contribution in [-0.2, 0) is 6.42 Å². The third-order valence-electron chi connectivity index (χ3n) is 5.09. The molecule has 0 spiro atoms. The minimum absolute atomic E-state index is 0.244. The number of carbonyl (C=O) groups is 1. The highest BCUT2D eigenvalue weighted by atomic mass is 16.5. The molecule has 0 aromatic carbocycles. The van der Waals surface area contributed by atoms with Crippen molar-refractivity contribution in [2.24, 2.45) is 0 Å². The molecule has 0 atom stereocenters. The molecule has 0 N–H and O–H groups in total. The van der Waals surface area contributed by atoms with Crippen molar-refractivity contribution in [3.8, 4) is 11.4 Å². The number of hydrogen-bond acceptors (Lipinski definition) is 4. The summed E-state index contributed by atoms with van der Waals surface area (Å²) >= 11 is 0. The summed E-state index contributed by atoms with van der Waals surface area (Å²) in [5, 5.41) is 0. The Bertz CT molecular complexity index is 748. The van der Waals surface area contributed by atoms with E-state index in [9.17, 15) is 4.79 Å². The van der Waals surface area contributed by atoms with Gasteiger partial charge in [-0.3, -0.25) is 9.78 Å². The van der Waals surface area contributed by atoms with Gasteiger partial charge in [-0.2, -0.15) is 0 Å². The number of ketones is 1. The molecule has 5 heteroatoms. The zero-order valence-corrected chi connectivity index (χ0v) is 16.6. The summed E-state index contributed by atoms with van der Waals surface area (Å²) in [5.41, 5.74) is 2.86. The third-order valence-corrected chi connectivity index (χ3v) is 5.09. The zero-order chi connectivity index (χ0) is 19.1. The van der Waals surface area contributed by atoms with E-state index in [4.69, 9.17) is 4.74 Å². The summed E-state index contributed by atoms with van der Waals surface area (Å²) in [4.78, 5) is 18.9. The van der Waals surface area contributed by atoms with Crippen molar-refractivity contribution in [2.75, 3.05) is 26.2 Å². The van der Waals surface area contributed by atoms with Gasteiger partial charge in [0, 0.05) is 42.7 Å². The fraction of sp³-hybridized carbons (Fsp3) is 0.545. The van der Waals surface area contributed by atoms with Gasteiger partial charge >= 0.3 is 0 Å². The van der Waals surface area contributed by atoms with Crippen LogP contribution in [0.1, 0.15) is 62.0 Å². The molecule has 0 saturated heterocycles. The zero-order valence-electron chi connectivity index (χ0n) is 16.6. The molecule has 0 aliphatic heterocycles. The van der Waals surface area contributed by atoms with Gasteiger partial charge in [0.1, 0.15) is 11.4 Å². The summed E-state index contributed by atoms with van der Waals surface area (Å²) < 4.78 is 8.19. The lowest BCUT2D eigenvalue weighted by Crippen LogP contribution is -2.27. The van der Waals surface area contributed by atoms with Gasteiger partial charge in [0.2, 0.25) is 0 Å². The van der Waals surface area contributed by atoms with E-state index in [-0.39, 0.29) is 5.78 Å². The van der Waals surface area contributed by atoms with Crippen molar-refractivity contribution < 1.29 is 9.53 Å². The highest BCUT2D eigenvalue weighted by molar-refractivity contribution is 5.98. The first-order chi connectivity index (χ1) is 13.2. The summed E-state index contributed by atoms with van der Waals surface area (Å²) in [6.45, 7) is 8.50. The Morgan fingerprint density at radius 2 is 1.96 bits per heavy atom. The van der Waals surface area contributed by atoms with Crippen molar-refractivity contribution in [1.82, 2.24) is 14.5 Å². The van der Waals surface area contributed by atoms with Crippen LogP contribution in [0.5, 0.6) is 5.75 Å². The third kappa shape index (κ3) is 4.78. The Morgan fingerprint density at radius 3 is 2.74 bits per heavy atom. The number of fused-ring (bicyclic) bond motifs is 1. The lowest BCUT2D eigenvalue weighted by atomic mass is 9.97. The molecule has 0 radical (unpaired) electrons. The maximum absolute atomic E-state index is 12.1. The molecular weight excluding hydrogens is 338 g/mol. The van der Waals surface area contributed by atoms with Gasteiger partial charge in [-0.15, -0.1) is 0 Å². The summed E-state index contributed by atoms with van der Waals surface area (Å²) in [7, 11) is 0. The summed E-state index contributed by atoms with van der Waals surface area (Å²) in [6, 6.07) is 3.85. The number of aromatic nitrogens is 2. The molecule has 0 fully saturated rings. The standard InChI is InChI=1S/C22H31N3O2/c1-3-12-24(13-4-2)14-6-16-27-22-9-11-23-17-20(22)25-15-10-18-19(25)7-5-8-21(18)26/h9-11,15,17H,3-8,12-14,16H2,1-2H3. The predicted molar refractivity (Wildman–Crippen MR) is 108 cm³/mol. The Hall–Kier alpha value is -2.14. The van der Waals surface area contributed by atoms with E-state index in [2.05, 4.69) is 28.3 Å². The molecule has 0 amide bonds. The summed E-state index contributed by atoms with van der Waals surface area (Å²) in [6.07, 6.45) is 11.4. The first-order valence-corrected chi connectivity index (χ1v) is 10.3. The van der Waals surface area contributed by atoms with E-state index in [1.807, 2.05) is 24.5 Å². The number of ether oxygens (including phenoxy) is 1. The molecule has 0 bridgehead atoms. The fourth-order valence-corrected chi connectivity index (χ4v) is 3.87. The molecule has 5 nitrogen and oxygen atoms in total. The van der Waals surface area contributed by atoms with Crippen LogP contribution in [0.25, 0.3) is 5.69 Å². The van der Waals surface area contributed by atoms with Crippen LogP contribution in [0.4, 0.5) is 0 Å². The Labute approximate surface area is 162 Å². The lowest BCUT2D eigenvalue weighted by Gasteiger charge is -2.21. The van der Waals surface area contributed by atoms with Crippen molar-refractivity contribution in [1.29, 1.82) is 0 Å². The second kappa shape index (κ2) is 9.70. The number of hydrogen-bond donors (Lipinski definition) is 0. The average Bonchev–Trinajstić information content (AvgIpc) is 3.11. The molecule has 0 unspecified atom stereocenters. The minimum Gasteiger partial charge on any atom is -0.491 e. The normalized spacial score (nSPS) is 13.8. The molecule has 0 saturated carbocycles. The highest BCUT2D eigenvalue weighted by Crippen LogP contribution is 2.29. The van der Waals surface area contributed by atoms with Crippen molar-refractivity contribution in [2.45, 2.75) is 52.4 Å². The number of nitrogens with zero attached hydrogens (tertiary/aromatic N) is 3. The van der Waals surface area contributed by atoms with Gasteiger partial charge in [-0.25, -0.2) is 0 Å². The number of Topliss-reactive ketones (excluding diaryl/α,β-unsaturated/α-hetero) is 1. The predicted octanol–water partition coefficient (Wildman–Crippen LogP) is 4.28. The topological polar surface area (TPSA) is 47.4 Å². The quantitative estimate of drug-likeness (QED) is 0.587. The molecule has 2 aromatic heterocycles. The number of carbonyl (C=O) groups excluding carboxylic acids is 1. The van der Waals surface area contributed by atoms with E-state index in [0.717, 1.165) is 61.6 Å². The van der Waals surface area contributed by atoms with Gasteiger partial charge in [0.15, 0.2) is 5.78 Å². The molecule has 27 heavy (non-hydrogen) atoms. The van der Waals surface area contributed by atoms with Crippen LogP contribution in [0.15, 0.2) is 30.7 Å². The first-order valence-electron chi connectivity index (χ1n) is 10.3. The van der Waals surface area contributed by atoms with Gasteiger partial charge in [0.25, 0.3) is 0 Å². The largest absolute Gasteiger partial charge is 0.491 e. The van der Waals surface area contributed by atoms with Crippen molar-refractivity contribution in [3.05, 3.63) is 42.0 Å². The monoisotopic (exact) mass is 369 g/mol. The maximum atomic E-state index is 12.1. The fourth-order valence-electron chi connectivity index (χ4n) is 3.87. The van der Waals surface area contributed by atoms with Crippen molar-refractivity contribution >= 4 is 5.78 Å². The van der Waals surface area contributed by atoms with Crippen LogP contribution < -0.4 is 4.74 Å². The SMILES string of the molecule is CCCN(CCC)CCCOc1ccncc1-n1ccc2c1CCCC2=O.